The van der Waals surface area contributed by atoms with Crippen molar-refractivity contribution in [2.45, 2.75) is 58.5 Å². The summed E-state index contributed by atoms with van der Waals surface area (Å²) in [5.74, 6) is 1.09. The number of rotatable bonds is 7. The molecular weight excluding hydrogens is 324 g/mol. The van der Waals surface area contributed by atoms with Crippen LogP contribution < -0.4 is 10.6 Å². The quantitative estimate of drug-likeness (QED) is 0.448. The van der Waals surface area contributed by atoms with E-state index in [4.69, 9.17) is 0 Å². The van der Waals surface area contributed by atoms with E-state index in [1.54, 1.807) is 7.05 Å². The number of carbonyl (C=O) groups is 1. The van der Waals surface area contributed by atoms with E-state index in [-0.39, 0.29) is 5.91 Å². The van der Waals surface area contributed by atoms with E-state index in [1.807, 2.05) is 17.0 Å². The Morgan fingerprint density at radius 2 is 1.88 bits per heavy atom. The van der Waals surface area contributed by atoms with Crippen LogP contribution in [0.3, 0.4) is 0 Å². The number of hydrogen-bond acceptors (Lipinski definition) is 2. The fraction of sp³-hybridized carbons (Fsp3) is 0.619. The fourth-order valence-electron chi connectivity index (χ4n) is 3.94. The molecule has 1 fully saturated rings. The van der Waals surface area contributed by atoms with Crippen LogP contribution >= 0.6 is 0 Å². The van der Waals surface area contributed by atoms with Gasteiger partial charge in [-0.2, -0.15) is 0 Å². The third kappa shape index (κ3) is 4.37. The summed E-state index contributed by atoms with van der Waals surface area (Å²) in [5.41, 5.74) is 3.03. The van der Waals surface area contributed by atoms with E-state index < -0.39 is 0 Å². The Bertz CT molecular complexity index is 621. The molecule has 142 valence electrons. The van der Waals surface area contributed by atoms with E-state index in [2.05, 4.69) is 34.7 Å². The molecule has 0 atom stereocenters. The van der Waals surface area contributed by atoms with Gasteiger partial charge in [-0.25, -0.2) is 0 Å². The molecule has 0 radical (unpaired) electrons. The summed E-state index contributed by atoms with van der Waals surface area (Å²) in [6.45, 7) is 5.55. The Labute approximate surface area is 157 Å². The van der Waals surface area contributed by atoms with Gasteiger partial charge in [-0.1, -0.05) is 37.6 Å². The minimum absolute atomic E-state index is 0.241. The summed E-state index contributed by atoms with van der Waals surface area (Å²) in [5, 5.41) is 6.81. The number of hydrogen-bond donors (Lipinski definition) is 2. The zero-order valence-corrected chi connectivity index (χ0v) is 16.2. The number of carbonyl (C=O) groups excluding carboxylic acids is 1. The lowest BCUT2D eigenvalue weighted by atomic mass is 9.67. The second-order valence-corrected chi connectivity index (χ2v) is 7.68. The minimum atomic E-state index is 0.241. The van der Waals surface area contributed by atoms with Gasteiger partial charge >= 0.3 is 0 Å². The summed E-state index contributed by atoms with van der Waals surface area (Å²) < 4.78 is 0. The van der Waals surface area contributed by atoms with Crippen LogP contribution in [0.15, 0.2) is 29.3 Å². The van der Waals surface area contributed by atoms with Gasteiger partial charge in [0.25, 0.3) is 0 Å². The van der Waals surface area contributed by atoms with Crippen LogP contribution in [0, 0.1) is 5.41 Å². The normalized spacial score (nSPS) is 18.2. The monoisotopic (exact) mass is 356 g/mol. The van der Waals surface area contributed by atoms with Crippen molar-refractivity contribution in [3.63, 3.8) is 0 Å². The molecule has 0 saturated heterocycles. The highest BCUT2D eigenvalue weighted by Crippen LogP contribution is 2.42. The average Bonchev–Trinajstić information content (AvgIpc) is 3.07. The molecule has 1 aromatic rings. The lowest BCUT2D eigenvalue weighted by molar-refractivity contribution is -0.131. The number of amides is 1. The molecule has 1 aromatic carbocycles. The summed E-state index contributed by atoms with van der Waals surface area (Å²) in [7, 11) is 1.81. The molecule has 26 heavy (non-hydrogen) atoms. The van der Waals surface area contributed by atoms with Crippen LogP contribution in [-0.4, -0.2) is 36.9 Å². The van der Waals surface area contributed by atoms with Crippen molar-refractivity contribution in [2.75, 3.05) is 20.1 Å². The van der Waals surface area contributed by atoms with Gasteiger partial charge in [0.15, 0.2) is 5.96 Å². The Kier molecular flexibility index (Phi) is 6.17. The predicted octanol–water partition coefficient (Wildman–Crippen LogP) is 3.05. The third-order valence-corrected chi connectivity index (χ3v) is 6.07. The largest absolute Gasteiger partial charge is 0.356 e. The maximum Gasteiger partial charge on any atom is 0.223 e. The highest BCUT2D eigenvalue weighted by atomic mass is 16.2. The van der Waals surface area contributed by atoms with Crippen molar-refractivity contribution in [3.05, 3.63) is 35.4 Å². The van der Waals surface area contributed by atoms with Crippen LogP contribution in [0.5, 0.6) is 0 Å². The summed E-state index contributed by atoms with van der Waals surface area (Å²) in [6, 6.07) is 8.32. The van der Waals surface area contributed by atoms with Crippen molar-refractivity contribution in [3.8, 4) is 0 Å². The van der Waals surface area contributed by atoms with Crippen molar-refractivity contribution >= 4 is 11.9 Å². The number of benzene rings is 1. The molecule has 3 rings (SSSR count). The topological polar surface area (TPSA) is 56.7 Å². The first-order valence-corrected chi connectivity index (χ1v) is 9.95. The minimum Gasteiger partial charge on any atom is -0.356 e. The zero-order chi connectivity index (χ0) is 18.4. The van der Waals surface area contributed by atoms with Gasteiger partial charge in [0.05, 0.1) is 0 Å². The Morgan fingerprint density at radius 1 is 1.19 bits per heavy atom. The molecule has 5 nitrogen and oxygen atoms in total. The molecule has 1 amide bonds. The number of nitrogens with zero attached hydrogens (tertiary/aromatic N) is 2. The van der Waals surface area contributed by atoms with Crippen molar-refractivity contribution in [1.82, 2.24) is 15.5 Å². The molecule has 0 bridgehead atoms. The number of fused-ring (bicyclic) bond motifs is 1. The number of guanidine groups is 1. The Morgan fingerprint density at radius 3 is 2.42 bits per heavy atom. The van der Waals surface area contributed by atoms with Crippen molar-refractivity contribution in [1.29, 1.82) is 0 Å². The lowest BCUT2D eigenvalue weighted by Gasteiger charge is -2.41. The predicted molar refractivity (Wildman–Crippen MR) is 106 cm³/mol. The van der Waals surface area contributed by atoms with E-state index >= 15 is 0 Å². The first-order valence-electron chi connectivity index (χ1n) is 9.95. The van der Waals surface area contributed by atoms with Crippen LogP contribution in [0.2, 0.25) is 0 Å². The molecule has 0 spiro atoms. The van der Waals surface area contributed by atoms with E-state index in [9.17, 15) is 4.79 Å². The summed E-state index contributed by atoms with van der Waals surface area (Å²) in [4.78, 5) is 18.7. The molecule has 1 saturated carbocycles. The smallest absolute Gasteiger partial charge is 0.223 e. The Balaban J connectivity index is 1.34. The molecule has 1 aliphatic heterocycles. The molecule has 0 unspecified atom stereocenters. The van der Waals surface area contributed by atoms with Gasteiger partial charge in [-0.15, -0.1) is 0 Å². The first kappa shape index (κ1) is 18.7. The van der Waals surface area contributed by atoms with Crippen LogP contribution in [0.4, 0.5) is 0 Å². The molecule has 1 heterocycles. The van der Waals surface area contributed by atoms with Gasteiger partial charge in [-0.05, 0) is 42.2 Å². The Hall–Kier alpha value is -2.04. The van der Waals surface area contributed by atoms with Gasteiger partial charge in [0, 0.05) is 39.6 Å². The molecule has 0 aromatic heterocycles. The number of nitrogens with one attached hydrogen (secondary N) is 2. The van der Waals surface area contributed by atoms with Gasteiger partial charge in [0.1, 0.15) is 0 Å². The van der Waals surface area contributed by atoms with E-state index in [1.165, 1.54) is 36.8 Å². The second-order valence-electron chi connectivity index (χ2n) is 7.68. The molecule has 1 aliphatic carbocycles. The molecular formula is C21H32N4O. The van der Waals surface area contributed by atoms with Crippen LogP contribution in [-0.2, 0) is 17.9 Å². The zero-order valence-electron chi connectivity index (χ0n) is 16.2. The lowest BCUT2D eigenvalue weighted by Crippen LogP contribution is -2.46. The van der Waals surface area contributed by atoms with E-state index in [0.717, 1.165) is 38.6 Å². The average molecular weight is 357 g/mol. The number of aliphatic imine (C=N–C) groups is 1. The van der Waals surface area contributed by atoms with Crippen LogP contribution in [0.1, 0.15) is 56.6 Å². The van der Waals surface area contributed by atoms with Gasteiger partial charge < -0.3 is 15.5 Å². The van der Waals surface area contributed by atoms with Gasteiger partial charge in [-0.3, -0.25) is 9.79 Å². The third-order valence-electron chi connectivity index (χ3n) is 6.07. The van der Waals surface area contributed by atoms with Gasteiger partial charge in [0.2, 0.25) is 5.91 Å². The first-order chi connectivity index (χ1) is 12.7. The van der Waals surface area contributed by atoms with E-state index in [0.29, 0.717) is 11.8 Å². The highest BCUT2D eigenvalue weighted by Gasteiger charge is 2.34. The maximum atomic E-state index is 12.4. The molecule has 2 aliphatic rings. The second kappa shape index (κ2) is 8.56. The van der Waals surface area contributed by atoms with Crippen LogP contribution in [0.25, 0.3) is 0 Å². The highest BCUT2D eigenvalue weighted by molar-refractivity contribution is 5.80. The van der Waals surface area contributed by atoms with Crippen molar-refractivity contribution in [2.24, 2.45) is 10.4 Å². The summed E-state index contributed by atoms with van der Waals surface area (Å²) >= 11 is 0. The fourth-order valence-corrected chi connectivity index (χ4v) is 3.94. The molecule has 2 N–H and O–H groups in total. The molecule has 5 heteroatoms. The maximum absolute atomic E-state index is 12.4. The summed E-state index contributed by atoms with van der Waals surface area (Å²) in [6.07, 6.45) is 6.62. The van der Waals surface area contributed by atoms with Crippen molar-refractivity contribution < 1.29 is 4.79 Å². The SMILES string of the molecule is CCC1(CNC(=NC)NCCCC(=O)N2Cc3ccccc3C2)CCC1. The standard InChI is InChI=1S/C21H32N4O/c1-3-21(11-7-12-21)16-24-20(22-2)23-13-6-10-19(26)25-14-17-8-4-5-9-18(17)15-25/h4-5,8-9H,3,6-7,10-16H2,1-2H3,(H2,22,23,24).